The largest absolute Gasteiger partial charge is 0.382 e. The summed E-state index contributed by atoms with van der Waals surface area (Å²) in [5, 5.41) is 2.96. The SMILES string of the molecule is [B][C@H]1CC(NC(=O)CSC[C@H]2O[C@@H]([B])CC2OC)[C@@H](COC)O1. The summed E-state index contributed by atoms with van der Waals surface area (Å²) in [6.45, 7) is 0.412. The van der Waals surface area contributed by atoms with E-state index in [1.807, 2.05) is 0 Å². The lowest BCUT2D eigenvalue weighted by Gasteiger charge is -2.20. The summed E-state index contributed by atoms with van der Waals surface area (Å²) in [7, 11) is 14.8. The number of nitrogens with one attached hydrogen (secondary N) is 1. The lowest BCUT2D eigenvalue weighted by atomic mass is 9.95. The lowest BCUT2D eigenvalue weighted by molar-refractivity contribution is -0.119. The van der Waals surface area contributed by atoms with Gasteiger partial charge in [0.2, 0.25) is 5.91 Å². The zero-order chi connectivity index (χ0) is 16.8. The van der Waals surface area contributed by atoms with Gasteiger partial charge in [0.15, 0.2) is 0 Å². The van der Waals surface area contributed by atoms with Crippen molar-refractivity contribution in [3.05, 3.63) is 0 Å². The van der Waals surface area contributed by atoms with E-state index in [9.17, 15) is 4.79 Å². The minimum absolute atomic E-state index is 0.00660. The Morgan fingerprint density at radius 2 is 1.91 bits per heavy atom. The van der Waals surface area contributed by atoms with E-state index in [1.165, 1.54) is 11.8 Å². The zero-order valence-corrected chi connectivity index (χ0v) is 14.4. The summed E-state index contributed by atoms with van der Waals surface area (Å²) in [5.41, 5.74) is 0. The van der Waals surface area contributed by atoms with E-state index in [-0.39, 0.29) is 42.3 Å². The summed E-state index contributed by atoms with van der Waals surface area (Å²) in [6, 6.07) is -0.754. The van der Waals surface area contributed by atoms with Crippen molar-refractivity contribution in [3.63, 3.8) is 0 Å². The van der Waals surface area contributed by atoms with Gasteiger partial charge in [-0.05, 0) is 12.8 Å². The maximum atomic E-state index is 12.1. The first-order chi connectivity index (χ1) is 11.0. The summed E-state index contributed by atoms with van der Waals surface area (Å²) in [5.74, 6) is 0.966. The quantitative estimate of drug-likeness (QED) is 0.598. The van der Waals surface area contributed by atoms with Crippen LogP contribution in [-0.2, 0) is 23.7 Å². The lowest BCUT2D eigenvalue weighted by Crippen LogP contribution is -2.43. The number of amides is 1. The molecule has 2 aliphatic heterocycles. The second-order valence-electron chi connectivity index (χ2n) is 5.82. The molecule has 2 aliphatic rings. The summed E-state index contributed by atoms with van der Waals surface area (Å²) in [6.07, 6.45) is 1.00. The van der Waals surface area contributed by atoms with Gasteiger partial charge in [0.1, 0.15) is 21.8 Å². The van der Waals surface area contributed by atoms with Crippen LogP contribution in [-0.4, -0.2) is 90.3 Å². The van der Waals surface area contributed by atoms with E-state index in [0.717, 1.165) is 0 Å². The Hall–Kier alpha value is -0.210. The van der Waals surface area contributed by atoms with Crippen molar-refractivity contribution in [3.8, 4) is 0 Å². The molecule has 6 nitrogen and oxygen atoms in total. The molecule has 0 aromatic heterocycles. The smallest absolute Gasteiger partial charge is 0.230 e. The van der Waals surface area contributed by atoms with Gasteiger partial charge >= 0.3 is 0 Å². The fourth-order valence-corrected chi connectivity index (χ4v) is 3.82. The molecular formula is C14H23B2NO5S. The maximum absolute atomic E-state index is 12.1. The number of ether oxygens (including phenoxy) is 4. The first-order valence-electron chi connectivity index (χ1n) is 7.74. The third-order valence-corrected chi connectivity index (χ3v) is 5.04. The second-order valence-corrected chi connectivity index (χ2v) is 6.85. The third-order valence-electron chi connectivity index (χ3n) is 4.01. The van der Waals surface area contributed by atoms with E-state index in [4.69, 9.17) is 34.6 Å². The van der Waals surface area contributed by atoms with Crippen LogP contribution in [0.15, 0.2) is 0 Å². The molecule has 1 amide bonds. The van der Waals surface area contributed by atoms with Crippen LogP contribution in [0.2, 0.25) is 0 Å². The van der Waals surface area contributed by atoms with E-state index < -0.39 is 0 Å². The number of rotatable bonds is 8. The summed E-state index contributed by atoms with van der Waals surface area (Å²) >= 11 is 1.50. The monoisotopic (exact) mass is 339 g/mol. The maximum Gasteiger partial charge on any atom is 0.230 e. The molecule has 0 aromatic rings. The van der Waals surface area contributed by atoms with Gasteiger partial charge < -0.3 is 24.3 Å². The van der Waals surface area contributed by atoms with Crippen LogP contribution >= 0.6 is 11.8 Å². The van der Waals surface area contributed by atoms with Crippen LogP contribution in [0.1, 0.15) is 12.8 Å². The van der Waals surface area contributed by atoms with Gasteiger partial charge in [-0.2, -0.15) is 0 Å². The van der Waals surface area contributed by atoms with Crippen LogP contribution in [0.3, 0.4) is 0 Å². The average Bonchev–Trinajstić information content (AvgIpc) is 3.02. The molecule has 0 aromatic carbocycles. The molecule has 23 heavy (non-hydrogen) atoms. The van der Waals surface area contributed by atoms with Gasteiger partial charge in [-0.1, -0.05) is 0 Å². The molecule has 0 bridgehead atoms. The number of carbonyl (C=O) groups is 1. The number of carbonyl (C=O) groups excluding carboxylic acids is 1. The topological polar surface area (TPSA) is 66.0 Å². The van der Waals surface area contributed by atoms with Crippen molar-refractivity contribution >= 4 is 33.4 Å². The minimum atomic E-state index is -0.357. The van der Waals surface area contributed by atoms with E-state index in [1.54, 1.807) is 14.2 Å². The van der Waals surface area contributed by atoms with Crippen molar-refractivity contribution < 1.29 is 23.7 Å². The molecule has 4 radical (unpaired) electrons. The Morgan fingerprint density at radius 3 is 2.61 bits per heavy atom. The van der Waals surface area contributed by atoms with Crippen molar-refractivity contribution in [2.75, 3.05) is 32.3 Å². The Labute approximate surface area is 144 Å². The molecule has 2 heterocycles. The van der Waals surface area contributed by atoms with Crippen LogP contribution in [0.5, 0.6) is 0 Å². The molecule has 2 unspecified atom stereocenters. The first-order valence-corrected chi connectivity index (χ1v) is 8.89. The highest BCUT2D eigenvalue weighted by atomic mass is 32.2. The van der Waals surface area contributed by atoms with Gasteiger partial charge in [0, 0.05) is 32.0 Å². The Kier molecular flexibility index (Phi) is 7.75. The van der Waals surface area contributed by atoms with Gasteiger partial charge in [0.05, 0.1) is 30.6 Å². The molecule has 0 aliphatic carbocycles. The van der Waals surface area contributed by atoms with Crippen molar-refractivity contribution in [1.29, 1.82) is 0 Å². The highest BCUT2D eigenvalue weighted by Crippen LogP contribution is 2.24. The van der Waals surface area contributed by atoms with Gasteiger partial charge in [0.25, 0.3) is 0 Å². The molecule has 6 atom stereocenters. The first kappa shape index (κ1) is 19.1. The number of thioether (sulfide) groups is 1. The number of methoxy groups -OCH3 is 2. The predicted molar refractivity (Wildman–Crippen MR) is 90.0 cm³/mol. The average molecular weight is 339 g/mol. The van der Waals surface area contributed by atoms with Gasteiger partial charge in [-0.25, -0.2) is 0 Å². The number of hydrogen-bond acceptors (Lipinski definition) is 6. The number of hydrogen-bond donors (Lipinski definition) is 1. The third kappa shape index (κ3) is 5.67. The molecule has 0 saturated carbocycles. The Balaban J connectivity index is 1.68. The molecule has 2 rings (SSSR count). The molecule has 2 saturated heterocycles. The van der Waals surface area contributed by atoms with Crippen molar-refractivity contribution in [2.45, 2.75) is 49.2 Å². The van der Waals surface area contributed by atoms with E-state index in [2.05, 4.69) is 5.32 Å². The molecular weight excluding hydrogens is 316 g/mol. The fourth-order valence-electron chi connectivity index (χ4n) is 2.91. The van der Waals surface area contributed by atoms with Gasteiger partial charge in [-0.15, -0.1) is 11.8 Å². The minimum Gasteiger partial charge on any atom is -0.382 e. The zero-order valence-electron chi connectivity index (χ0n) is 13.6. The van der Waals surface area contributed by atoms with E-state index >= 15 is 0 Å². The summed E-state index contributed by atoms with van der Waals surface area (Å²) in [4.78, 5) is 12.1. The Bertz CT molecular complexity index is 392. The molecule has 1 N–H and O–H groups in total. The molecule has 9 heteroatoms. The second kappa shape index (κ2) is 9.32. The summed E-state index contributed by atoms with van der Waals surface area (Å²) < 4.78 is 21.6. The van der Waals surface area contributed by atoms with Crippen molar-refractivity contribution in [1.82, 2.24) is 5.32 Å². The van der Waals surface area contributed by atoms with Crippen LogP contribution in [0, 0.1) is 0 Å². The van der Waals surface area contributed by atoms with Crippen LogP contribution in [0.4, 0.5) is 0 Å². The van der Waals surface area contributed by atoms with Crippen LogP contribution < -0.4 is 5.32 Å². The van der Waals surface area contributed by atoms with Crippen LogP contribution in [0.25, 0.3) is 0 Å². The molecule has 126 valence electrons. The van der Waals surface area contributed by atoms with Gasteiger partial charge in [-0.3, -0.25) is 4.79 Å². The molecule has 2 fully saturated rings. The highest BCUT2D eigenvalue weighted by Gasteiger charge is 2.34. The standard InChI is InChI=1S/C14H23B2NO5S/c1-19-5-10-8(3-12(15)21-10)17-14(18)7-23-6-11-9(20-2)4-13(16)22-11/h8-13H,3-7H2,1-2H3,(H,17,18)/t8?,9?,10-,11-,12-,13-/m1/s1. The predicted octanol–water partition coefficient (Wildman–Crippen LogP) is -0.567. The highest BCUT2D eigenvalue weighted by molar-refractivity contribution is 7.99. The normalized spacial score (nSPS) is 37.1. The molecule has 0 spiro atoms. The Morgan fingerprint density at radius 1 is 1.22 bits per heavy atom. The van der Waals surface area contributed by atoms with E-state index in [0.29, 0.717) is 31.0 Å². The fraction of sp³-hybridized carbons (Fsp3) is 0.929. The van der Waals surface area contributed by atoms with Crippen molar-refractivity contribution in [2.24, 2.45) is 0 Å².